The molecule has 1 aromatic rings. The molecular formula is C13H14O6. The summed E-state index contributed by atoms with van der Waals surface area (Å²) in [6.45, 7) is 2.13. The molecule has 0 aromatic heterocycles. The third kappa shape index (κ3) is 2.62. The number of carbonyl (C=O) groups excluding carboxylic acids is 1. The van der Waals surface area contributed by atoms with E-state index >= 15 is 0 Å². The number of carbonyl (C=O) groups is 2. The molecule has 6 nitrogen and oxygen atoms in total. The average Bonchev–Trinajstić information content (AvgIpc) is 2.75. The monoisotopic (exact) mass is 266 g/mol. The van der Waals surface area contributed by atoms with Crippen molar-refractivity contribution < 1.29 is 29.3 Å². The molecule has 1 heterocycles. The van der Waals surface area contributed by atoms with Crippen molar-refractivity contribution in [3.8, 4) is 11.5 Å². The Morgan fingerprint density at radius 1 is 1.53 bits per heavy atom. The topological polar surface area (TPSA) is 93.1 Å². The maximum Gasteiger partial charge on any atom is 0.311 e. The smallest absolute Gasteiger partial charge is 0.311 e. The van der Waals surface area contributed by atoms with Gasteiger partial charge in [-0.2, -0.15) is 0 Å². The molecular weight excluding hydrogens is 252 g/mol. The van der Waals surface area contributed by atoms with Crippen LogP contribution in [0.4, 0.5) is 0 Å². The number of aliphatic carboxylic acids is 1. The lowest BCUT2D eigenvalue weighted by molar-refractivity contribution is -0.144. The molecule has 2 N–H and O–H groups in total. The molecule has 0 unspecified atom stereocenters. The second-order valence-electron chi connectivity index (χ2n) is 4.22. The normalized spacial score (nSPS) is 22.1. The van der Waals surface area contributed by atoms with E-state index < -0.39 is 24.0 Å². The molecule has 0 amide bonds. The summed E-state index contributed by atoms with van der Waals surface area (Å²) in [6.07, 6.45) is -0.991. The van der Waals surface area contributed by atoms with Gasteiger partial charge in [0.25, 0.3) is 0 Å². The van der Waals surface area contributed by atoms with Crippen LogP contribution in [-0.2, 0) is 14.3 Å². The molecule has 19 heavy (non-hydrogen) atoms. The van der Waals surface area contributed by atoms with E-state index in [-0.39, 0.29) is 17.9 Å². The van der Waals surface area contributed by atoms with Crippen LogP contribution in [0.3, 0.4) is 0 Å². The average molecular weight is 266 g/mol. The standard InChI is InChI=1S/C13H14O6/c1-2-18-10-5-7(3-4-9(10)14)12-8(13(16)17)6-11(15)19-12/h3-5,8,12,14H,2,6H2,1H3,(H,16,17)/t8-,12-/m1/s1. The molecule has 2 atom stereocenters. The van der Waals surface area contributed by atoms with Crippen LogP contribution in [0.15, 0.2) is 18.2 Å². The van der Waals surface area contributed by atoms with Crippen LogP contribution in [0.1, 0.15) is 25.0 Å². The Morgan fingerprint density at radius 3 is 2.89 bits per heavy atom. The number of carboxylic acid groups (broad SMARTS) is 1. The van der Waals surface area contributed by atoms with Gasteiger partial charge in [0.05, 0.1) is 13.0 Å². The van der Waals surface area contributed by atoms with Crippen LogP contribution in [0, 0.1) is 5.92 Å². The number of phenols is 1. The second kappa shape index (κ2) is 5.17. The molecule has 0 saturated carbocycles. The molecule has 1 aliphatic heterocycles. The molecule has 1 fully saturated rings. The van der Waals surface area contributed by atoms with Crippen molar-refractivity contribution in [3.05, 3.63) is 23.8 Å². The number of aromatic hydroxyl groups is 1. The van der Waals surface area contributed by atoms with Crippen molar-refractivity contribution in [1.29, 1.82) is 0 Å². The van der Waals surface area contributed by atoms with Gasteiger partial charge >= 0.3 is 11.9 Å². The van der Waals surface area contributed by atoms with Gasteiger partial charge in [-0.1, -0.05) is 6.07 Å². The fraction of sp³-hybridized carbons (Fsp3) is 0.385. The summed E-state index contributed by atoms with van der Waals surface area (Å²) in [4.78, 5) is 22.3. The maximum absolute atomic E-state index is 11.3. The minimum absolute atomic E-state index is 0.0400. The number of rotatable bonds is 4. The number of hydrogen-bond acceptors (Lipinski definition) is 5. The maximum atomic E-state index is 11.3. The molecule has 102 valence electrons. The van der Waals surface area contributed by atoms with Crippen LogP contribution in [-0.4, -0.2) is 28.8 Å². The predicted octanol–water partition coefficient (Wildman–Crippen LogP) is 1.48. The van der Waals surface area contributed by atoms with E-state index in [2.05, 4.69) is 0 Å². The van der Waals surface area contributed by atoms with Crippen LogP contribution in [0.2, 0.25) is 0 Å². The highest BCUT2D eigenvalue weighted by Crippen LogP contribution is 2.38. The van der Waals surface area contributed by atoms with Gasteiger partial charge in [0.1, 0.15) is 12.0 Å². The summed E-state index contributed by atoms with van der Waals surface area (Å²) < 4.78 is 10.3. The van der Waals surface area contributed by atoms with E-state index in [4.69, 9.17) is 14.6 Å². The third-order valence-electron chi connectivity index (χ3n) is 2.94. The number of ether oxygens (including phenoxy) is 2. The highest BCUT2D eigenvalue weighted by atomic mass is 16.6. The minimum atomic E-state index is -1.08. The summed E-state index contributed by atoms with van der Waals surface area (Å²) in [7, 11) is 0. The van der Waals surface area contributed by atoms with Crippen LogP contribution < -0.4 is 4.74 Å². The first-order valence-corrected chi connectivity index (χ1v) is 5.91. The molecule has 1 saturated heterocycles. The summed E-state index contributed by atoms with van der Waals surface area (Å²) in [5.74, 6) is -2.33. The van der Waals surface area contributed by atoms with Crippen LogP contribution in [0.5, 0.6) is 11.5 Å². The van der Waals surface area contributed by atoms with Crippen molar-refractivity contribution >= 4 is 11.9 Å². The highest BCUT2D eigenvalue weighted by molar-refractivity contribution is 5.82. The molecule has 0 radical (unpaired) electrons. The SMILES string of the molecule is CCOc1cc([C@H]2OC(=O)C[C@H]2C(=O)O)ccc1O. The zero-order valence-electron chi connectivity index (χ0n) is 10.3. The van der Waals surface area contributed by atoms with E-state index in [1.54, 1.807) is 6.92 Å². The molecule has 0 spiro atoms. The lowest BCUT2D eigenvalue weighted by Crippen LogP contribution is -2.17. The van der Waals surface area contributed by atoms with E-state index in [9.17, 15) is 14.7 Å². The molecule has 6 heteroatoms. The lowest BCUT2D eigenvalue weighted by atomic mass is 9.95. The van der Waals surface area contributed by atoms with Gasteiger partial charge < -0.3 is 19.7 Å². The molecule has 1 aromatic carbocycles. The van der Waals surface area contributed by atoms with E-state index in [1.165, 1.54) is 18.2 Å². The largest absolute Gasteiger partial charge is 0.504 e. The predicted molar refractivity (Wildman–Crippen MR) is 63.9 cm³/mol. The summed E-state index contributed by atoms with van der Waals surface area (Å²) in [5, 5.41) is 18.7. The van der Waals surface area contributed by atoms with E-state index in [0.717, 1.165) is 0 Å². The van der Waals surface area contributed by atoms with Crippen molar-refractivity contribution in [1.82, 2.24) is 0 Å². The first-order valence-electron chi connectivity index (χ1n) is 5.91. The second-order valence-corrected chi connectivity index (χ2v) is 4.22. The van der Waals surface area contributed by atoms with E-state index in [1.807, 2.05) is 0 Å². The third-order valence-corrected chi connectivity index (χ3v) is 2.94. The Labute approximate surface area is 109 Å². The zero-order chi connectivity index (χ0) is 14.0. The van der Waals surface area contributed by atoms with Gasteiger partial charge in [-0.05, 0) is 24.6 Å². The first-order chi connectivity index (χ1) is 9.02. The van der Waals surface area contributed by atoms with Crippen molar-refractivity contribution in [2.75, 3.05) is 6.61 Å². The van der Waals surface area contributed by atoms with Crippen LogP contribution in [0.25, 0.3) is 0 Å². The zero-order valence-corrected chi connectivity index (χ0v) is 10.3. The Morgan fingerprint density at radius 2 is 2.26 bits per heavy atom. The summed E-state index contributed by atoms with van der Waals surface area (Å²) in [5.41, 5.74) is 0.500. The number of hydrogen-bond donors (Lipinski definition) is 2. The molecule has 0 aliphatic carbocycles. The summed E-state index contributed by atoms with van der Waals surface area (Å²) in [6, 6.07) is 4.42. The van der Waals surface area contributed by atoms with Gasteiger partial charge in [-0.3, -0.25) is 9.59 Å². The Hall–Kier alpha value is -2.24. The number of esters is 1. The summed E-state index contributed by atoms with van der Waals surface area (Å²) >= 11 is 0. The molecule has 2 rings (SSSR count). The molecule has 1 aliphatic rings. The first kappa shape index (κ1) is 13.2. The van der Waals surface area contributed by atoms with Gasteiger partial charge in [0, 0.05) is 0 Å². The van der Waals surface area contributed by atoms with Crippen LogP contribution >= 0.6 is 0 Å². The van der Waals surface area contributed by atoms with Crippen molar-refractivity contribution in [2.45, 2.75) is 19.4 Å². The number of benzene rings is 1. The van der Waals surface area contributed by atoms with Gasteiger partial charge in [0.2, 0.25) is 0 Å². The minimum Gasteiger partial charge on any atom is -0.504 e. The van der Waals surface area contributed by atoms with E-state index in [0.29, 0.717) is 12.2 Å². The fourth-order valence-corrected chi connectivity index (χ4v) is 2.05. The molecule has 0 bridgehead atoms. The lowest BCUT2D eigenvalue weighted by Gasteiger charge is -2.16. The quantitative estimate of drug-likeness (QED) is 0.802. The number of carboxylic acids is 1. The van der Waals surface area contributed by atoms with Gasteiger partial charge in [-0.15, -0.1) is 0 Å². The Kier molecular flexibility index (Phi) is 3.59. The van der Waals surface area contributed by atoms with Crippen molar-refractivity contribution in [3.63, 3.8) is 0 Å². The highest BCUT2D eigenvalue weighted by Gasteiger charge is 2.41. The van der Waals surface area contributed by atoms with Gasteiger partial charge in [0.15, 0.2) is 11.5 Å². The Bertz CT molecular complexity index is 510. The number of phenolic OH excluding ortho intramolecular Hbond substituents is 1. The Balaban J connectivity index is 2.32. The van der Waals surface area contributed by atoms with Crippen molar-refractivity contribution in [2.24, 2.45) is 5.92 Å². The number of cyclic esters (lactones) is 1. The fourth-order valence-electron chi connectivity index (χ4n) is 2.05. The van der Waals surface area contributed by atoms with Gasteiger partial charge in [-0.25, -0.2) is 0 Å².